The molecule has 2 aromatic heterocycles. The van der Waals surface area contributed by atoms with Crippen molar-refractivity contribution in [1.82, 2.24) is 14.3 Å². The van der Waals surface area contributed by atoms with Gasteiger partial charge in [0.25, 0.3) is 5.56 Å². The monoisotopic (exact) mass is 313 g/mol. The molecule has 0 aliphatic rings. The van der Waals surface area contributed by atoms with Crippen LogP contribution in [0.3, 0.4) is 0 Å². The molecule has 0 N–H and O–H groups in total. The maximum Gasteiger partial charge on any atom is 0.276 e. The van der Waals surface area contributed by atoms with Crippen molar-refractivity contribution < 1.29 is 0 Å². The van der Waals surface area contributed by atoms with Crippen LogP contribution in [-0.4, -0.2) is 14.3 Å². The SMILES string of the molecule is Cc1c(Cc2ccccc2)c(=O)n(-c2cccc(Cl)n2)n1C. The lowest BCUT2D eigenvalue weighted by molar-refractivity contribution is 0.619. The zero-order chi connectivity index (χ0) is 15.7. The van der Waals surface area contributed by atoms with Crippen LogP contribution >= 0.6 is 11.6 Å². The number of nitrogens with zero attached hydrogens (tertiary/aromatic N) is 3. The molecular weight excluding hydrogens is 298 g/mol. The standard InChI is InChI=1S/C17H16ClN3O/c1-12-14(11-13-7-4-3-5-8-13)17(22)21(20(12)2)16-10-6-9-15(18)19-16/h3-10H,11H2,1-2H3. The number of hydrogen-bond acceptors (Lipinski definition) is 2. The van der Waals surface area contributed by atoms with Crippen molar-refractivity contribution in [2.45, 2.75) is 13.3 Å². The molecule has 5 heteroatoms. The van der Waals surface area contributed by atoms with Crippen LogP contribution in [0.1, 0.15) is 16.8 Å². The first-order chi connectivity index (χ1) is 10.6. The number of benzene rings is 1. The van der Waals surface area contributed by atoms with Crippen LogP contribution in [0.25, 0.3) is 5.82 Å². The minimum absolute atomic E-state index is 0.0568. The lowest BCUT2D eigenvalue weighted by Gasteiger charge is -2.07. The van der Waals surface area contributed by atoms with Crippen LogP contribution in [-0.2, 0) is 13.5 Å². The average molecular weight is 314 g/mol. The van der Waals surface area contributed by atoms with Crippen molar-refractivity contribution >= 4 is 11.6 Å². The van der Waals surface area contributed by atoms with Gasteiger partial charge in [0.1, 0.15) is 5.15 Å². The van der Waals surface area contributed by atoms with E-state index in [1.807, 2.05) is 49.0 Å². The van der Waals surface area contributed by atoms with Crippen molar-refractivity contribution in [3.63, 3.8) is 0 Å². The third-order valence-corrected chi connectivity index (χ3v) is 4.02. The molecule has 0 amide bonds. The van der Waals surface area contributed by atoms with Crippen LogP contribution in [0.2, 0.25) is 5.15 Å². The Hall–Kier alpha value is -2.33. The van der Waals surface area contributed by atoms with Crippen LogP contribution in [0.15, 0.2) is 53.3 Å². The molecule has 0 bridgehead atoms. The fourth-order valence-electron chi connectivity index (χ4n) is 2.54. The Morgan fingerprint density at radius 1 is 1.09 bits per heavy atom. The fraction of sp³-hybridized carbons (Fsp3) is 0.176. The maximum atomic E-state index is 12.8. The van der Waals surface area contributed by atoms with Gasteiger partial charge in [-0.3, -0.25) is 9.48 Å². The summed E-state index contributed by atoms with van der Waals surface area (Å²) < 4.78 is 3.37. The summed E-state index contributed by atoms with van der Waals surface area (Å²) in [5.41, 5.74) is 2.75. The molecule has 22 heavy (non-hydrogen) atoms. The average Bonchev–Trinajstić information content (AvgIpc) is 2.72. The minimum atomic E-state index is -0.0568. The molecule has 2 heterocycles. The normalized spacial score (nSPS) is 10.9. The van der Waals surface area contributed by atoms with Gasteiger partial charge in [-0.05, 0) is 24.6 Å². The van der Waals surface area contributed by atoms with E-state index < -0.39 is 0 Å². The highest BCUT2D eigenvalue weighted by Crippen LogP contribution is 2.14. The number of halogens is 1. The molecule has 0 aliphatic carbocycles. The molecule has 3 rings (SSSR count). The van der Waals surface area contributed by atoms with Gasteiger partial charge in [0.05, 0.1) is 0 Å². The van der Waals surface area contributed by atoms with Crippen molar-refractivity contribution in [1.29, 1.82) is 0 Å². The molecule has 0 atom stereocenters. The molecule has 0 saturated heterocycles. The van der Waals surface area contributed by atoms with E-state index >= 15 is 0 Å². The second-order valence-electron chi connectivity index (χ2n) is 5.19. The highest BCUT2D eigenvalue weighted by Gasteiger charge is 2.17. The van der Waals surface area contributed by atoms with Gasteiger partial charge in [-0.1, -0.05) is 48.0 Å². The van der Waals surface area contributed by atoms with E-state index in [1.165, 1.54) is 0 Å². The fourth-order valence-corrected chi connectivity index (χ4v) is 2.70. The number of hydrogen-bond donors (Lipinski definition) is 0. The van der Waals surface area contributed by atoms with Crippen LogP contribution < -0.4 is 5.56 Å². The van der Waals surface area contributed by atoms with E-state index in [4.69, 9.17) is 11.6 Å². The van der Waals surface area contributed by atoms with Crippen molar-refractivity contribution in [3.8, 4) is 5.82 Å². The Morgan fingerprint density at radius 3 is 2.50 bits per heavy atom. The Bertz CT molecular complexity index is 865. The van der Waals surface area contributed by atoms with Crippen molar-refractivity contribution in [3.05, 3.63) is 80.9 Å². The van der Waals surface area contributed by atoms with Crippen molar-refractivity contribution in [2.24, 2.45) is 7.05 Å². The van der Waals surface area contributed by atoms with Gasteiger partial charge in [0, 0.05) is 24.7 Å². The molecule has 0 aliphatic heterocycles. The Labute approximate surface area is 133 Å². The summed E-state index contributed by atoms with van der Waals surface area (Å²) in [5.74, 6) is 0.530. The van der Waals surface area contributed by atoms with E-state index in [-0.39, 0.29) is 5.56 Å². The summed E-state index contributed by atoms with van der Waals surface area (Å²) in [6.07, 6.45) is 0.604. The molecule has 0 spiro atoms. The van der Waals surface area contributed by atoms with Gasteiger partial charge in [-0.25, -0.2) is 4.98 Å². The molecular formula is C17H16ClN3O. The summed E-state index contributed by atoms with van der Waals surface area (Å²) in [4.78, 5) is 17.0. The summed E-state index contributed by atoms with van der Waals surface area (Å²) >= 11 is 5.94. The van der Waals surface area contributed by atoms with Crippen LogP contribution in [0.5, 0.6) is 0 Å². The second-order valence-corrected chi connectivity index (χ2v) is 5.57. The van der Waals surface area contributed by atoms with E-state index in [9.17, 15) is 4.79 Å². The number of aromatic nitrogens is 3. The van der Waals surface area contributed by atoms with E-state index in [0.717, 1.165) is 16.8 Å². The summed E-state index contributed by atoms with van der Waals surface area (Å²) in [7, 11) is 1.85. The third-order valence-electron chi connectivity index (χ3n) is 3.81. The Morgan fingerprint density at radius 2 is 1.82 bits per heavy atom. The van der Waals surface area contributed by atoms with Crippen LogP contribution in [0.4, 0.5) is 0 Å². The smallest absolute Gasteiger partial charge is 0.276 e. The van der Waals surface area contributed by atoms with E-state index in [1.54, 1.807) is 22.9 Å². The molecule has 0 unspecified atom stereocenters. The molecule has 3 aromatic rings. The summed E-state index contributed by atoms with van der Waals surface area (Å²) in [5, 5.41) is 0.368. The Kier molecular flexibility index (Phi) is 3.86. The van der Waals surface area contributed by atoms with Gasteiger partial charge >= 0.3 is 0 Å². The molecule has 0 radical (unpaired) electrons. The van der Waals surface area contributed by atoms with E-state index in [0.29, 0.717) is 17.4 Å². The van der Waals surface area contributed by atoms with Gasteiger partial charge in [-0.2, -0.15) is 4.68 Å². The molecule has 1 aromatic carbocycles. The lowest BCUT2D eigenvalue weighted by Crippen LogP contribution is -2.22. The lowest BCUT2D eigenvalue weighted by atomic mass is 10.1. The molecule has 0 saturated carbocycles. The predicted molar refractivity (Wildman–Crippen MR) is 87.8 cm³/mol. The predicted octanol–water partition coefficient (Wildman–Crippen LogP) is 3.12. The van der Waals surface area contributed by atoms with Gasteiger partial charge in [0.2, 0.25) is 0 Å². The van der Waals surface area contributed by atoms with E-state index in [2.05, 4.69) is 4.98 Å². The van der Waals surface area contributed by atoms with Crippen LogP contribution in [0, 0.1) is 6.92 Å². The quantitative estimate of drug-likeness (QED) is 0.697. The topological polar surface area (TPSA) is 39.8 Å². The maximum absolute atomic E-state index is 12.8. The molecule has 4 nitrogen and oxygen atoms in total. The first-order valence-electron chi connectivity index (χ1n) is 7.02. The second kappa shape index (κ2) is 5.81. The largest absolute Gasteiger partial charge is 0.284 e. The minimum Gasteiger partial charge on any atom is -0.284 e. The number of rotatable bonds is 3. The van der Waals surface area contributed by atoms with Crippen molar-refractivity contribution in [2.75, 3.05) is 0 Å². The highest BCUT2D eigenvalue weighted by atomic mass is 35.5. The van der Waals surface area contributed by atoms with Gasteiger partial charge in [-0.15, -0.1) is 0 Å². The zero-order valence-electron chi connectivity index (χ0n) is 12.5. The molecule has 112 valence electrons. The molecule has 0 fully saturated rings. The first kappa shape index (κ1) is 14.6. The number of pyridine rings is 1. The summed E-state index contributed by atoms with van der Waals surface area (Å²) in [6.45, 7) is 1.95. The van der Waals surface area contributed by atoms with Gasteiger partial charge < -0.3 is 0 Å². The zero-order valence-corrected chi connectivity index (χ0v) is 13.2. The highest BCUT2D eigenvalue weighted by molar-refractivity contribution is 6.29. The first-order valence-corrected chi connectivity index (χ1v) is 7.40. The van der Waals surface area contributed by atoms with Gasteiger partial charge in [0.15, 0.2) is 5.82 Å². The Balaban J connectivity index is 2.11. The summed E-state index contributed by atoms with van der Waals surface area (Å²) in [6, 6.07) is 15.2. The third kappa shape index (κ3) is 2.57.